The van der Waals surface area contributed by atoms with E-state index >= 15 is 0 Å². The lowest BCUT2D eigenvalue weighted by Gasteiger charge is -2.42. The van der Waals surface area contributed by atoms with E-state index < -0.39 is 83.8 Å². The topological polar surface area (TPSA) is 259 Å². The molecule has 4 aliphatic rings. The average molecular weight is 1180 g/mol. The van der Waals surface area contributed by atoms with Gasteiger partial charge in [-0.2, -0.15) is 0 Å². The van der Waals surface area contributed by atoms with E-state index in [1.165, 1.54) is 7.11 Å². The summed E-state index contributed by atoms with van der Waals surface area (Å²) in [5.74, 6) is -8.30. The third-order valence-electron chi connectivity index (χ3n) is 16.3. The summed E-state index contributed by atoms with van der Waals surface area (Å²) in [6.45, 7) is 16.9. The number of methoxy groups -OCH3 is 3. The number of nitrogens with zero attached hydrogens (tertiary/aromatic N) is 1. The number of piperidine rings is 1. The first-order valence-electron chi connectivity index (χ1n) is 29.7. The zero-order valence-corrected chi connectivity index (χ0v) is 51.4. The fraction of sp³-hybridized carbons (Fsp3) is 0.770. The molecule has 4 rings (SSSR count). The summed E-state index contributed by atoms with van der Waals surface area (Å²) in [7, 11) is 4.53. The van der Waals surface area contributed by atoms with Crippen molar-refractivity contribution in [3.05, 3.63) is 47.6 Å². The van der Waals surface area contributed by atoms with Crippen molar-refractivity contribution in [2.45, 2.75) is 186 Å². The van der Waals surface area contributed by atoms with Crippen LogP contribution in [0.2, 0.25) is 0 Å². The first-order valence-corrected chi connectivity index (χ1v) is 30.1. The summed E-state index contributed by atoms with van der Waals surface area (Å²) in [5, 5.41) is 26.9. The van der Waals surface area contributed by atoms with Gasteiger partial charge >= 0.3 is 5.97 Å². The second kappa shape index (κ2) is 36.9. The van der Waals surface area contributed by atoms with Gasteiger partial charge in [-0.1, -0.05) is 64.2 Å². The van der Waals surface area contributed by atoms with Crippen LogP contribution in [0.25, 0.3) is 0 Å². The molecule has 3 aliphatic heterocycles. The number of cyclic esters (lactones) is 1. The van der Waals surface area contributed by atoms with Crippen LogP contribution in [0.5, 0.6) is 0 Å². The summed E-state index contributed by atoms with van der Waals surface area (Å²) in [6, 6.07) is -2.10. The molecular formula is C61H99N3O17S. The summed E-state index contributed by atoms with van der Waals surface area (Å²) in [5.41, 5.74) is 8.23. The van der Waals surface area contributed by atoms with Crippen LogP contribution >= 0.6 is 12.2 Å². The molecule has 3 heterocycles. The maximum atomic E-state index is 14.6. The molecule has 20 nitrogen and oxygen atoms in total. The number of Topliss-reactive ketones (excluding diaryl/α,β-unsaturated/α-hetero) is 3. The molecule has 2 bridgehead atoms. The molecule has 0 unspecified atom stereocenters. The Bertz CT molecular complexity index is 2140. The Morgan fingerprint density at radius 2 is 1.50 bits per heavy atom. The number of nitrogens with two attached hydrogens (primary N) is 1. The van der Waals surface area contributed by atoms with Crippen LogP contribution in [0.1, 0.15) is 126 Å². The highest BCUT2D eigenvalue weighted by atomic mass is 32.1. The number of ether oxygens (including phenoxy) is 10. The minimum absolute atomic E-state index is 0.00648. The predicted molar refractivity (Wildman–Crippen MR) is 312 cm³/mol. The minimum atomic E-state index is -2.47. The second-order valence-corrected chi connectivity index (χ2v) is 23.0. The van der Waals surface area contributed by atoms with Crippen molar-refractivity contribution in [1.29, 1.82) is 0 Å². The summed E-state index contributed by atoms with van der Waals surface area (Å²) in [6.07, 6.45) is 10.1. The summed E-state index contributed by atoms with van der Waals surface area (Å²) < 4.78 is 57.9. The summed E-state index contributed by atoms with van der Waals surface area (Å²) >= 11 is 5.53. The molecule has 0 aromatic carbocycles. The van der Waals surface area contributed by atoms with E-state index in [0.29, 0.717) is 129 Å². The number of aliphatic hydroxyl groups is 2. The Morgan fingerprint density at radius 3 is 2.16 bits per heavy atom. The van der Waals surface area contributed by atoms with Gasteiger partial charge in [-0.15, -0.1) is 0 Å². The molecule has 82 heavy (non-hydrogen) atoms. The molecule has 466 valence electrons. The summed E-state index contributed by atoms with van der Waals surface area (Å²) in [4.78, 5) is 72.7. The number of thiocarbonyl (C=S) groups is 1. The molecule has 1 amide bonds. The first kappa shape index (κ1) is 70.6. The smallest absolute Gasteiger partial charge is 0.329 e. The van der Waals surface area contributed by atoms with Gasteiger partial charge in [-0.3, -0.25) is 19.2 Å². The monoisotopic (exact) mass is 1180 g/mol. The Balaban J connectivity index is 1.53. The number of allylic oxidation sites excluding steroid dienone is 6. The van der Waals surface area contributed by atoms with E-state index in [1.807, 2.05) is 51.2 Å². The largest absolute Gasteiger partial charge is 0.465 e. The number of hydrogen-bond donors (Lipinski definition) is 4. The standard InChI is InChI=1S/C61H99N3O17S/c1-11-75-27-28-77-31-32-78-30-29-76-26-24-63-60(82)80-50-23-21-45(36-53(50)73-9)35-47(62)52-38-49(65)41(4)34-43(6)55(67)56(74-10)54(66)42(5)33-39(2)17-13-12-14-18-40(3)51(72-8)37-46-22-20-44(7)61(71,81-46)57(68)58(69)64-25-16-15-19-48(64)59(70)79-52/h12-14,17-18,34,39,41-42,44-48,50-53,55-56,67,71H,11,15-16,19-33,35-38,62H2,1-10H3,(H,63,82)/b14-12+,17-13+,40-18+,43-34+/t39-,41-,42-,44-,45+,46+,47-,48+,50-,51+,52+,53-,55-,56+,61-/m1/s1. The van der Waals surface area contributed by atoms with Crippen molar-refractivity contribution in [2.75, 3.05) is 87.3 Å². The van der Waals surface area contributed by atoms with Crippen LogP contribution in [-0.4, -0.2) is 197 Å². The number of aliphatic hydroxyl groups excluding tert-OH is 1. The Morgan fingerprint density at radius 1 is 0.817 bits per heavy atom. The van der Waals surface area contributed by atoms with E-state index in [2.05, 4.69) is 5.32 Å². The fourth-order valence-electron chi connectivity index (χ4n) is 11.2. The molecular weight excluding hydrogens is 1080 g/mol. The Labute approximate surface area is 492 Å². The molecule has 3 fully saturated rings. The van der Waals surface area contributed by atoms with Gasteiger partial charge in [0.25, 0.3) is 16.9 Å². The van der Waals surface area contributed by atoms with Crippen molar-refractivity contribution in [1.82, 2.24) is 10.2 Å². The number of ketones is 3. The molecule has 1 aliphatic carbocycles. The zero-order valence-electron chi connectivity index (χ0n) is 50.6. The molecule has 15 atom stereocenters. The van der Waals surface area contributed by atoms with Crippen LogP contribution in [0.15, 0.2) is 47.6 Å². The van der Waals surface area contributed by atoms with Crippen molar-refractivity contribution < 1.29 is 81.6 Å². The molecule has 0 radical (unpaired) electrons. The van der Waals surface area contributed by atoms with Crippen molar-refractivity contribution >= 4 is 46.6 Å². The second-order valence-electron chi connectivity index (χ2n) is 22.6. The van der Waals surface area contributed by atoms with Gasteiger partial charge < -0.3 is 73.5 Å². The van der Waals surface area contributed by atoms with Crippen molar-refractivity contribution in [2.24, 2.45) is 35.3 Å². The molecule has 2 saturated heterocycles. The van der Waals surface area contributed by atoms with Gasteiger partial charge in [0.15, 0.2) is 5.78 Å². The predicted octanol–water partition coefficient (Wildman–Crippen LogP) is 5.86. The lowest BCUT2D eigenvalue weighted by molar-refractivity contribution is -0.265. The SMILES string of the molecule is CCOCCOCCOCCOCCNC(=S)O[C@@H]1CC[C@@H](C[C@@H](N)[C@@H]2CC(=O)[C@H](C)/C=C(\C)[C@@H](O)[C@@H](OC)C(=O)[C@H](C)C[C@H](C)/C=C/C=C/C=C(\C)[C@@H](OC)C[C@@H]3CC[C@@H](C)[C@@](O)(O3)C(=O)C(=O)N3CCCC[C@H]3C(=O)O2)C[C@H]1OC. The fourth-order valence-corrected chi connectivity index (χ4v) is 11.4. The Hall–Kier alpha value is -3.84. The highest BCUT2D eigenvalue weighted by molar-refractivity contribution is 7.80. The molecule has 0 aromatic heterocycles. The molecule has 1 saturated carbocycles. The number of nitrogens with one attached hydrogen (secondary N) is 1. The van der Waals surface area contributed by atoms with Gasteiger partial charge in [0.2, 0.25) is 5.79 Å². The van der Waals surface area contributed by atoms with E-state index in [0.717, 1.165) is 10.5 Å². The third-order valence-corrected chi connectivity index (χ3v) is 16.5. The van der Waals surface area contributed by atoms with Gasteiger partial charge in [-0.25, -0.2) is 4.79 Å². The van der Waals surface area contributed by atoms with Crippen LogP contribution in [-0.2, 0) is 71.3 Å². The molecule has 0 spiro atoms. The number of carbonyl (C=O) groups excluding carboxylic acids is 5. The number of fused-ring (bicyclic) bond motifs is 3. The number of esters is 1. The van der Waals surface area contributed by atoms with Crippen molar-refractivity contribution in [3.63, 3.8) is 0 Å². The van der Waals surface area contributed by atoms with Crippen LogP contribution in [0, 0.1) is 29.6 Å². The third kappa shape index (κ3) is 22.2. The van der Waals surface area contributed by atoms with Crippen molar-refractivity contribution in [3.8, 4) is 0 Å². The Kier molecular flexibility index (Phi) is 31.8. The maximum Gasteiger partial charge on any atom is 0.329 e. The highest BCUT2D eigenvalue weighted by Crippen LogP contribution is 2.37. The highest BCUT2D eigenvalue weighted by Gasteiger charge is 2.53. The first-order chi connectivity index (χ1) is 39.2. The van der Waals surface area contributed by atoms with Crippen LogP contribution < -0.4 is 11.1 Å². The number of amides is 1. The van der Waals surface area contributed by atoms with Gasteiger partial charge in [0, 0.05) is 77.7 Å². The van der Waals surface area contributed by atoms with E-state index in [-0.39, 0.29) is 60.2 Å². The van der Waals surface area contributed by atoms with Gasteiger partial charge in [0.05, 0.1) is 64.6 Å². The van der Waals surface area contributed by atoms with Gasteiger partial charge in [-0.05, 0) is 120 Å². The van der Waals surface area contributed by atoms with Crippen LogP contribution in [0.3, 0.4) is 0 Å². The average Bonchev–Trinajstić information content (AvgIpc) is 3.40. The zero-order chi connectivity index (χ0) is 60.4. The van der Waals surface area contributed by atoms with E-state index in [4.69, 9.17) is 65.3 Å². The van der Waals surface area contributed by atoms with E-state index in [9.17, 15) is 34.2 Å². The van der Waals surface area contributed by atoms with Crippen LogP contribution in [0.4, 0.5) is 0 Å². The molecule has 21 heteroatoms. The molecule has 0 aromatic rings. The normalized spacial score (nSPS) is 34.4. The maximum absolute atomic E-state index is 14.6. The lowest BCUT2D eigenvalue weighted by Crippen LogP contribution is -2.61. The molecule has 5 N–H and O–H groups in total. The van der Waals surface area contributed by atoms with Gasteiger partial charge in [0.1, 0.15) is 36.2 Å². The quantitative estimate of drug-likeness (QED) is 0.0366. The van der Waals surface area contributed by atoms with E-state index in [1.54, 1.807) is 48.0 Å². The number of rotatable bonds is 20. The number of carbonyl (C=O) groups is 5. The lowest BCUT2D eigenvalue weighted by atomic mass is 9.80. The minimum Gasteiger partial charge on any atom is -0.465 e. The number of hydrogen-bond acceptors (Lipinski definition) is 19.